The second-order valence-corrected chi connectivity index (χ2v) is 5.12. The smallest absolute Gasteiger partial charge is 0.323 e. The largest absolute Gasteiger partial charge is 0.469 e. The molecule has 0 N–H and O–H groups in total. The van der Waals surface area contributed by atoms with Gasteiger partial charge in [0.2, 0.25) is 0 Å². The number of ether oxygens (including phenoxy) is 3. The van der Waals surface area contributed by atoms with E-state index < -0.39 is 23.9 Å². The Morgan fingerprint density at radius 1 is 0.958 bits per heavy atom. The average molecular weight is 337 g/mol. The Bertz CT molecular complexity index is 545. The molecule has 0 radical (unpaired) electrons. The number of nitrogens with zero attached hydrogens (tertiary/aromatic N) is 1. The molecule has 0 aliphatic heterocycles. The third kappa shape index (κ3) is 6.37. The number of benzene rings is 1. The van der Waals surface area contributed by atoms with Gasteiger partial charge >= 0.3 is 17.9 Å². The van der Waals surface area contributed by atoms with E-state index in [4.69, 9.17) is 9.47 Å². The summed E-state index contributed by atoms with van der Waals surface area (Å²) < 4.78 is 14.1. The van der Waals surface area contributed by atoms with Crippen molar-refractivity contribution in [2.45, 2.75) is 25.4 Å². The molecule has 0 aliphatic carbocycles. The van der Waals surface area contributed by atoms with Crippen molar-refractivity contribution < 1.29 is 28.6 Å². The van der Waals surface area contributed by atoms with Crippen LogP contribution in [0.5, 0.6) is 0 Å². The van der Waals surface area contributed by atoms with Gasteiger partial charge in [0.15, 0.2) is 0 Å². The van der Waals surface area contributed by atoms with E-state index in [0.717, 1.165) is 5.56 Å². The zero-order chi connectivity index (χ0) is 17.9. The molecule has 7 nitrogen and oxygen atoms in total. The van der Waals surface area contributed by atoms with Crippen LogP contribution in [-0.2, 0) is 35.1 Å². The first-order valence-electron chi connectivity index (χ1n) is 7.51. The van der Waals surface area contributed by atoms with E-state index in [-0.39, 0.29) is 19.4 Å². The fourth-order valence-electron chi connectivity index (χ4n) is 2.27. The number of hydrogen-bond donors (Lipinski definition) is 0. The van der Waals surface area contributed by atoms with E-state index in [9.17, 15) is 14.4 Å². The zero-order valence-electron chi connectivity index (χ0n) is 14.2. The van der Waals surface area contributed by atoms with Crippen molar-refractivity contribution in [1.82, 2.24) is 4.90 Å². The van der Waals surface area contributed by atoms with Crippen LogP contribution < -0.4 is 0 Å². The highest BCUT2D eigenvalue weighted by molar-refractivity contribution is 5.78. The molecule has 1 unspecified atom stereocenters. The second kappa shape index (κ2) is 10.4. The van der Waals surface area contributed by atoms with E-state index >= 15 is 0 Å². The average Bonchev–Trinajstić information content (AvgIpc) is 2.61. The van der Waals surface area contributed by atoms with Gasteiger partial charge in [-0.05, 0) is 12.0 Å². The van der Waals surface area contributed by atoms with Gasteiger partial charge in [-0.15, -0.1) is 0 Å². The number of carbonyl (C=O) groups is 3. The minimum Gasteiger partial charge on any atom is -0.469 e. The van der Waals surface area contributed by atoms with E-state index in [0.29, 0.717) is 6.54 Å². The molecule has 1 rings (SSSR count). The molecule has 1 aromatic carbocycles. The molecule has 0 amide bonds. The zero-order valence-corrected chi connectivity index (χ0v) is 14.2. The Kier molecular flexibility index (Phi) is 8.49. The summed E-state index contributed by atoms with van der Waals surface area (Å²) in [6.45, 7) is 0.253. The van der Waals surface area contributed by atoms with E-state index in [1.165, 1.54) is 21.3 Å². The lowest BCUT2D eigenvalue weighted by Gasteiger charge is -2.28. The minimum absolute atomic E-state index is 0.0444. The lowest BCUT2D eigenvalue weighted by atomic mass is 10.1. The first kappa shape index (κ1) is 19.6. The van der Waals surface area contributed by atoms with Crippen LogP contribution in [0.15, 0.2) is 30.3 Å². The van der Waals surface area contributed by atoms with Crippen LogP contribution in [0.4, 0.5) is 0 Å². The van der Waals surface area contributed by atoms with Gasteiger partial charge in [0, 0.05) is 13.0 Å². The molecule has 0 heterocycles. The van der Waals surface area contributed by atoms with Crippen LogP contribution in [-0.4, -0.2) is 56.7 Å². The maximum absolute atomic E-state index is 12.1. The lowest BCUT2D eigenvalue weighted by molar-refractivity contribution is -0.151. The molecule has 0 aromatic heterocycles. The third-order valence-corrected chi connectivity index (χ3v) is 3.55. The Morgan fingerprint density at radius 2 is 1.58 bits per heavy atom. The topological polar surface area (TPSA) is 82.1 Å². The number of carbonyl (C=O) groups excluding carboxylic acids is 3. The molecule has 0 saturated heterocycles. The first-order chi connectivity index (χ1) is 11.5. The summed E-state index contributed by atoms with van der Waals surface area (Å²) in [4.78, 5) is 36.9. The molecular formula is C17H23NO6. The van der Waals surface area contributed by atoms with Gasteiger partial charge in [-0.2, -0.15) is 0 Å². The highest BCUT2D eigenvalue weighted by Crippen LogP contribution is 2.15. The third-order valence-electron chi connectivity index (χ3n) is 3.55. The van der Waals surface area contributed by atoms with Crippen molar-refractivity contribution in [3.05, 3.63) is 35.9 Å². The molecule has 132 valence electrons. The van der Waals surface area contributed by atoms with Crippen LogP contribution in [0.25, 0.3) is 0 Å². The molecule has 24 heavy (non-hydrogen) atoms. The molecule has 0 aliphatic rings. The predicted octanol–water partition coefficient (Wildman–Crippen LogP) is 1.16. The molecule has 0 spiro atoms. The Hall–Kier alpha value is -2.41. The van der Waals surface area contributed by atoms with E-state index in [1.54, 1.807) is 4.90 Å². The van der Waals surface area contributed by atoms with Crippen molar-refractivity contribution in [3.8, 4) is 0 Å². The normalized spacial score (nSPS) is 11.7. The summed E-state index contributed by atoms with van der Waals surface area (Å²) in [5, 5.41) is 0. The highest BCUT2D eigenvalue weighted by atomic mass is 16.5. The summed E-state index contributed by atoms with van der Waals surface area (Å²) in [5.74, 6) is -1.42. The van der Waals surface area contributed by atoms with Crippen molar-refractivity contribution in [1.29, 1.82) is 0 Å². The molecule has 0 fully saturated rings. The van der Waals surface area contributed by atoms with Crippen LogP contribution >= 0.6 is 0 Å². The highest BCUT2D eigenvalue weighted by Gasteiger charge is 2.29. The number of methoxy groups -OCH3 is 3. The van der Waals surface area contributed by atoms with Gasteiger partial charge in [0.1, 0.15) is 6.04 Å². The summed E-state index contributed by atoms with van der Waals surface area (Å²) in [7, 11) is 3.84. The standard InChI is InChI=1S/C17H23NO6/c1-22-15(19)10-9-14(17(21)24-3)18(12-16(20)23-2)11-13-7-5-4-6-8-13/h4-8,14H,9-12H2,1-3H3. The Balaban J connectivity index is 2.96. The van der Waals surface area contributed by atoms with E-state index in [2.05, 4.69) is 4.74 Å². The summed E-state index contributed by atoms with van der Waals surface area (Å²) in [5.41, 5.74) is 0.924. The summed E-state index contributed by atoms with van der Waals surface area (Å²) in [6, 6.07) is 8.63. The molecular weight excluding hydrogens is 314 g/mol. The number of rotatable bonds is 9. The van der Waals surface area contributed by atoms with Crippen LogP contribution in [0.1, 0.15) is 18.4 Å². The summed E-state index contributed by atoms with van der Waals surface area (Å²) >= 11 is 0. The van der Waals surface area contributed by atoms with Crippen molar-refractivity contribution in [3.63, 3.8) is 0 Å². The Labute approximate surface area is 141 Å². The quantitative estimate of drug-likeness (QED) is 0.494. The molecule has 0 bridgehead atoms. The number of hydrogen-bond acceptors (Lipinski definition) is 7. The van der Waals surface area contributed by atoms with Crippen molar-refractivity contribution in [2.75, 3.05) is 27.9 Å². The number of esters is 3. The van der Waals surface area contributed by atoms with Crippen LogP contribution in [0, 0.1) is 0 Å². The van der Waals surface area contributed by atoms with Gasteiger partial charge in [0.05, 0.1) is 27.9 Å². The fourth-order valence-corrected chi connectivity index (χ4v) is 2.27. The van der Waals surface area contributed by atoms with Crippen molar-refractivity contribution in [2.24, 2.45) is 0 Å². The maximum Gasteiger partial charge on any atom is 0.323 e. The molecule has 7 heteroatoms. The van der Waals surface area contributed by atoms with Crippen LogP contribution in [0.3, 0.4) is 0 Å². The molecule has 1 atom stereocenters. The van der Waals surface area contributed by atoms with Gasteiger partial charge in [0.25, 0.3) is 0 Å². The second-order valence-electron chi connectivity index (χ2n) is 5.12. The van der Waals surface area contributed by atoms with Gasteiger partial charge in [-0.3, -0.25) is 19.3 Å². The van der Waals surface area contributed by atoms with Gasteiger partial charge in [-0.25, -0.2) is 0 Å². The monoisotopic (exact) mass is 337 g/mol. The predicted molar refractivity (Wildman–Crippen MR) is 85.9 cm³/mol. The maximum atomic E-state index is 12.1. The lowest BCUT2D eigenvalue weighted by Crippen LogP contribution is -2.44. The van der Waals surface area contributed by atoms with Gasteiger partial charge < -0.3 is 14.2 Å². The first-order valence-corrected chi connectivity index (χ1v) is 7.51. The SMILES string of the molecule is COC(=O)CCC(C(=O)OC)N(CC(=O)OC)Cc1ccccc1. The summed E-state index contributed by atoms with van der Waals surface area (Å²) in [6.07, 6.45) is 0.228. The van der Waals surface area contributed by atoms with Crippen LogP contribution in [0.2, 0.25) is 0 Å². The fraction of sp³-hybridized carbons (Fsp3) is 0.471. The minimum atomic E-state index is -0.756. The van der Waals surface area contributed by atoms with E-state index in [1.807, 2.05) is 30.3 Å². The van der Waals surface area contributed by atoms with Gasteiger partial charge in [-0.1, -0.05) is 30.3 Å². The molecule has 1 aromatic rings. The van der Waals surface area contributed by atoms with Crippen molar-refractivity contribution >= 4 is 17.9 Å². The molecule has 0 saturated carbocycles. The Morgan fingerprint density at radius 3 is 2.12 bits per heavy atom.